The zero-order valence-electron chi connectivity index (χ0n) is 7.53. The van der Waals surface area contributed by atoms with Gasteiger partial charge in [-0.3, -0.25) is 0 Å². The molecule has 1 aromatic rings. The molecule has 0 N–H and O–H groups in total. The van der Waals surface area contributed by atoms with Gasteiger partial charge in [-0.05, 0) is 0 Å². The third kappa shape index (κ3) is 4.18. The van der Waals surface area contributed by atoms with E-state index in [-0.39, 0.29) is 0 Å². The second kappa shape index (κ2) is 5.87. The molecule has 0 aliphatic rings. The zero-order valence-corrected chi connectivity index (χ0v) is 8.72. The van der Waals surface area contributed by atoms with Crippen LogP contribution in [0.1, 0.15) is 12.5 Å². The average Bonchev–Trinajstić information content (AvgIpc) is 2.17. The molecule has 0 amide bonds. The summed E-state index contributed by atoms with van der Waals surface area (Å²) < 4.78 is 5.97. The molecular formula is C11H12MnO. The van der Waals surface area contributed by atoms with E-state index in [1.165, 1.54) is 5.56 Å². The Hall–Kier alpha value is -0.691. The van der Waals surface area contributed by atoms with Crippen LogP contribution in [0.15, 0.2) is 36.4 Å². The van der Waals surface area contributed by atoms with Crippen LogP contribution in [0.3, 0.4) is 0 Å². The molecule has 0 fully saturated rings. The molecule has 0 saturated heterocycles. The Kier molecular flexibility index (Phi) is 4.69. The van der Waals surface area contributed by atoms with E-state index in [0.717, 1.165) is 4.60 Å². The van der Waals surface area contributed by atoms with Gasteiger partial charge in [-0.25, -0.2) is 0 Å². The van der Waals surface area contributed by atoms with Crippen molar-refractivity contribution < 1.29 is 20.3 Å². The van der Waals surface area contributed by atoms with Gasteiger partial charge in [0.2, 0.25) is 0 Å². The summed E-state index contributed by atoms with van der Waals surface area (Å²) >= 11 is 3.30. The first-order valence-corrected chi connectivity index (χ1v) is 4.80. The third-order valence-corrected chi connectivity index (χ3v) is 1.86. The summed E-state index contributed by atoms with van der Waals surface area (Å²) in [5.41, 5.74) is 1.17. The van der Waals surface area contributed by atoms with Crippen LogP contribution in [0.25, 0.3) is 6.08 Å². The first kappa shape index (κ1) is 10.4. The summed E-state index contributed by atoms with van der Waals surface area (Å²) in [6.45, 7) is 2.64. The van der Waals surface area contributed by atoms with Crippen LogP contribution in [0.2, 0.25) is 0 Å². The van der Waals surface area contributed by atoms with Gasteiger partial charge in [-0.2, -0.15) is 0 Å². The van der Waals surface area contributed by atoms with Gasteiger partial charge in [0.15, 0.2) is 0 Å². The molecule has 0 heterocycles. The summed E-state index contributed by atoms with van der Waals surface area (Å²) in [6, 6.07) is 10.1. The molecule has 0 aliphatic carbocycles. The van der Waals surface area contributed by atoms with E-state index in [2.05, 4.69) is 15.6 Å². The van der Waals surface area contributed by atoms with E-state index in [1.807, 2.05) is 49.4 Å². The molecule has 0 radical (unpaired) electrons. The molecule has 0 aliphatic heterocycles. The van der Waals surface area contributed by atoms with Crippen LogP contribution in [0.4, 0.5) is 0 Å². The first-order chi connectivity index (χ1) is 6.33. The molecule has 0 unspecified atom stereocenters. The van der Waals surface area contributed by atoms with Crippen molar-refractivity contribution in [3.8, 4) is 0 Å². The van der Waals surface area contributed by atoms with Crippen molar-refractivity contribution >= 4 is 10.7 Å². The van der Waals surface area contributed by atoms with Crippen molar-refractivity contribution in [1.82, 2.24) is 0 Å². The van der Waals surface area contributed by atoms with Gasteiger partial charge in [0.05, 0.1) is 0 Å². The Bertz CT molecular complexity index is 290. The third-order valence-electron chi connectivity index (χ3n) is 1.49. The standard InChI is InChI=1S/C11H12O.Mn/c1-2-12-10-6-9-11-7-4-3-5-8-11;/h3-9H,2H2,1H3;/b9-6+;. The second-order valence-electron chi connectivity index (χ2n) is 2.48. The molecule has 0 spiro atoms. The van der Waals surface area contributed by atoms with Crippen LogP contribution in [-0.2, 0) is 20.3 Å². The van der Waals surface area contributed by atoms with Gasteiger partial charge in [0.1, 0.15) is 0 Å². The Labute approximate surface area is 86.8 Å². The van der Waals surface area contributed by atoms with Crippen molar-refractivity contribution in [1.29, 1.82) is 0 Å². The molecule has 1 aromatic carbocycles. The molecule has 2 heteroatoms. The predicted octanol–water partition coefficient (Wildman–Crippen LogP) is 2.41. The quantitative estimate of drug-likeness (QED) is 0.701. The van der Waals surface area contributed by atoms with Crippen molar-refractivity contribution in [3.63, 3.8) is 0 Å². The fourth-order valence-corrected chi connectivity index (χ4v) is 1.18. The van der Waals surface area contributed by atoms with E-state index in [0.29, 0.717) is 6.61 Å². The van der Waals surface area contributed by atoms with Gasteiger partial charge in [-0.1, -0.05) is 0 Å². The first-order valence-electron chi connectivity index (χ1n) is 4.21. The fourth-order valence-electron chi connectivity index (χ4n) is 0.912. The normalized spacial score (nSPS) is 10.5. The van der Waals surface area contributed by atoms with Gasteiger partial charge in [-0.15, -0.1) is 0 Å². The van der Waals surface area contributed by atoms with Crippen molar-refractivity contribution in [3.05, 3.63) is 42.0 Å². The number of benzene rings is 1. The maximum atomic E-state index is 5.21. The van der Waals surface area contributed by atoms with Crippen molar-refractivity contribution in [2.75, 3.05) is 6.61 Å². The number of hydrogen-bond donors (Lipinski definition) is 0. The summed E-state index contributed by atoms with van der Waals surface area (Å²) in [6.07, 6.45) is 3.90. The Morgan fingerprint density at radius 2 is 2.08 bits per heavy atom. The van der Waals surface area contributed by atoms with Crippen LogP contribution in [-0.4, -0.2) is 11.2 Å². The summed E-state index contributed by atoms with van der Waals surface area (Å²) in [5.74, 6) is 0. The summed E-state index contributed by atoms with van der Waals surface area (Å²) in [7, 11) is 0. The van der Waals surface area contributed by atoms with E-state index in [9.17, 15) is 0 Å². The molecule has 0 bridgehead atoms. The van der Waals surface area contributed by atoms with E-state index in [1.54, 1.807) is 0 Å². The van der Waals surface area contributed by atoms with Gasteiger partial charge in [0.25, 0.3) is 0 Å². The second-order valence-corrected chi connectivity index (χ2v) is 3.06. The molecule has 1 rings (SSSR count). The van der Waals surface area contributed by atoms with E-state index < -0.39 is 0 Å². The van der Waals surface area contributed by atoms with Gasteiger partial charge < -0.3 is 0 Å². The average molecular weight is 215 g/mol. The van der Waals surface area contributed by atoms with Crippen LogP contribution >= 0.6 is 0 Å². The van der Waals surface area contributed by atoms with Gasteiger partial charge in [0, 0.05) is 0 Å². The Morgan fingerprint density at radius 1 is 1.38 bits per heavy atom. The minimum absolute atomic E-state index is 0.680. The monoisotopic (exact) mass is 215 g/mol. The van der Waals surface area contributed by atoms with E-state index in [4.69, 9.17) is 4.74 Å². The minimum atomic E-state index is 0.680. The van der Waals surface area contributed by atoms with Crippen molar-refractivity contribution in [2.24, 2.45) is 0 Å². The Balaban J connectivity index is 2.54. The zero-order chi connectivity index (χ0) is 9.52. The van der Waals surface area contributed by atoms with Crippen LogP contribution < -0.4 is 0 Å². The predicted molar refractivity (Wildman–Crippen MR) is 52.1 cm³/mol. The fraction of sp³-hybridized carbons (Fsp3) is 0.182. The van der Waals surface area contributed by atoms with Crippen LogP contribution in [0, 0.1) is 0 Å². The molecule has 1 nitrogen and oxygen atoms in total. The molecule has 0 aromatic heterocycles. The topological polar surface area (TPSA) is 9.23 Å². The Morgan fingerprint density at radius 3 is 2.69 bits per heavy atom. The number of rotatable bonds is 4. The molecule has 0 saturated carbocycles. The van der Waals surface area contributed by atoms with E-state index >= 15 is 0 Å². The molecule has 13 heavy (non-hydrogen) atoms. The maximum absolute atomic E-state index is 5.21. The van der Waals surface area contributed by atoms with Crippen LogP contribution in [0.5, 0.6) is 0 Å². The number of hydrogen-bond acceptors (Lipinski definition) is 1. The summed E-state index contributed by atoms with van der Waals surface area (Å²) in [5, 5.41) is 0. The molecular weight excluding hydrogens is 203 g/mol. The number of ether oxygens (including phenoxy) is 1. The SMILES string of the molecule is CCO[C](=[Mn])/C=C/c1ccccc1. The molecule has 69 valence electrons. The summed E-state index contributed by atoms with van der Waals surface area (Å²) in [4.78, 5) is 0. The molecule has 0 atom stereocenters. The van der Waals surface area contributed by atoms with Gasteiger partial charge >= 0.3 is 86.5 Å². The van der Waals surface area contributed by atoms with Crippen molar-refractivity contribution in [2.45, 2.75) is 6.92 Å².